The van der Waals surface area contributed by atoms with Crippen molar-refractivity contribution in [2.45, 2.75) is 12.8 Å². The molecule has 1 fully saturated rings. The van der Waals surface area contributed by atoms with Crippen LogP contribution in [0.1, 0.15) is 12.8 Å². The van der Waals surface area contributed by atoms with E-state index in [1.807, 2.05) is 0 Å². The number of methoxy groups -OCH3 is 3. The van der Waals surface area contributed by atoms with Gasteiger partial charge in [-0.2, -0.15) is 0 Å². The smallest absolute Gasteiger partial charge is 0.314 e. The monoisotopic (exact) mass is 413 g/mol. The average molecular weight is 413 g/mol. The Morgan fingerprint density at radius 2 is 1.63 bits per heavy atom. The molecule has 0 radical (unpaired) electrons. The van der Waals surface area contributed by atoms with Crippen molar-refractivity contribution in [2.24, 2.45) is 0 Å². The summed E-state index contributed by atoms with van der Waals surface area (Å²) in [6.45, 7) is 0.574. The van der Waals surface area contributed by atoms with Gasteiger partial charge in [0.1, 0.15) is 17.2 Å². The molecule has 3 amide bonds. The number of carbonyl (C=O) groups excluding carboxylic acids is 3. The maximum absolute atomic E-state index is 12.4. The number of rotatable bonds is 6. The van der Waals surface area contributed by atoms with E-state index in [-0.39, 0.29) is 5.91 Å². The molecule has 1 aliphatic heterocycles. The normalized spacial score (nSPS) is 13.0. The van der Waals surface area contributed by atoms with Crippen LogP contribution in [0.15, 0.2) is 36.4 Å². The third-order valence-corrected chi connectivity index (χ3v) is 4.66. The average Bonchev–Trinajstić information content (AvgIpc) is 3.19. The molecule has 0 unspecified atom stereocenters. The number of benzene rings is 2. The molecule has 0 bridgehead atoms. The van der Waals surface area contributed by atoms with Crippen LogP contribution in [-0.2, 0) is 14.4 Å². The largest absolute Gasteiger partial charge is 0.497 e. The summed E-state index contributed by atoms with van der Waals surface area (Å²) in [5.74, 6) is -0.326. The topological polar surface area (TPSA) is 106 Å². The molecule has 30 heavy (non-hydrogen) atoms. The minimum absolute atomic E-state index is 0.0129. The van der Waals surface area contributed by atoms with Crippen molar-refractivity contribution < 1.29 is 28.6 Å². The molecule has 1 heterocycles. The molecule has 0 aliphatic carbocycles. The zero-order valence-electron chi connectivity index (χ0n) is 17.0. The molecule has 9 heteroatoms. The number of anilines is 3. The first-order valence-corrected chi connectivity index (χ1v) is 9.29. The number of hydrogen-bond donors (Lipinski definition) is 2. The van der Waals surface area contributed by atoms with E-state index in [1.54, 1.807) is 41.3 Å². The van der Waals surface area contributed by atoms with Gasteiger partial charge < -0.3 is 29.7 Å². The minimum atomic E-state index is -0.868. The second-order valence-corrected chi connectivity index (χ2v) is 6.51. The predicted octanol–water partition coefficient (Wildman–Crippen LogP) is 2.42. The molecule has 0 aromatic heterocycles. The lowest BCUT2D eigenvalue weighted by Crippen LogP contribution is -2.29. The van der Waals surface area contributed by atoms with Crippen LogP contribution < -0.4 is 29.7 Å². The molecule has 9 nitrogen and oxygen atoms in total. The highest BCUT2D eigenvalue weighted by molar-refractivity contribution is 6.43. The Morgan fingerprint density at radius 3 is 2.27 bits per heavy atom. The van der Waals surface area contributed by atoms with Crippen LogP contribution in [0, 0.1) is 0 Å². The first-order chi connectivity index (χ1) is 14.5. The molecule has 2 N–H and O–H groups in total. The summed E-state index contributed by atoms with van der Waals surface area (Å²) in [6.07, 6.45) is 1.22. The van der Waals surface area contributed by atoms with Crippen molar-refractivity contribution in [1.29, 1.82) is 0 Å². The standard InChI is InChI=1S/C21H23N3O6/c1-28-14-7-8-15(18(12-14)30-3)23-21(27)20(26)22-13-6-9-17(29-2)16(11-13)24-10-4-5-19(24)25/h6-9,11-12H,4-5,10H2,1-3H3,(H,22,26)(H,23,27). The maximum atomic E-state index is 12.4. The fourth-order valence-electron chi connectivity index (χ4n) is 3.15. The highest BCUT2D eigenvalue weighted by Crippen LogP contribution is 2.34. The van der Waals surface area contributed by atoms with E-state index in [0.29, 0.717) is 47.3 Å². The molecule has 0 saturated carbocycles. The molecule has 1 aliphatic rings. The lowest BCUT2D eigenvalue weighted by atomic mass is 10.2. The summed E-state index contributed by atoms with van der Waals surface area (Å²) in [7, 11) is 4.47. The van der Waals surface area contributed by atoms with Crippen LogP contribution in [0.4, 0.5) is 17.1 Å². The van der Waals surface area contributed by atoms with Crippen molar-refractivity contribution in [1.82, 2.24) is 0 Å². The Bertz CT molecular complexity index is 975. The lowest BCUT2D eigenvalue weighted by Gasteiger charge is -2.20. The molecule has 2 aromatic rings. The Kier molecular flexibility index (Phi) is 6.41. The van der Waals surface area contributed by atoms with E-state index in [4.69, 9.17) is 14.2 Å². The summed E-state index contributed by atoms with van der Waals surface area (Å²) >= 11 is 0. The Hall–Kier alpha value is -3.75. The van der Waals surface area contributed by atoms with Gasteiger partial charge in [0.2, 0.25) is 5.91 Å². The fourth-order valence-corrected chi connectivity index (χ4v) is 3.15. The molecule has 0 atom stereocenters. The van der Waals surface area contributed by atoms with Gasteiger partial charge in [-0.05, 0) is 36.8 Å². The third-order valence-electron chi connectivity index (χ3n) is 4.66. The molecule has 0 spiro atoms. The van der Waals surface area contributed by atoms with E-state index in [1.165, 1.54) is 21.3 Å². The number of ether oxygens (including phenoxy) is 3. The number of carbonyl (C=O) groups is 3. The van der Waals surface area contributed by atoms with Crippen LogP contribution >= 0.6 is 0 Å². The summed E-state index contributed by atoms with van der Waals surface area (Å²) in [5.41, 5.74) is 1.25. The number of hydrogen-bond acceptors (Lipinski definition) is 6. The number of nitrogens with one attached hydrogen (secondary N) is 2. The number of amides is 3. The van der Waals surface area contributed by atoms with Crippen LogP contribution in [0.5, 0.6) is 17.2 Å². The molecule has 3 rings (SSSR count). The van der Waals surface area contributed by atoms with Crippen molar-refractivity contribution >= 4 is 34.8 Å². The summed E-state index contributed by atoms with van der Waals surface area (Å²) in [4.78, 5) is 38.4. The predicted molar refractivity (Wildman–Crippen MR) is 111 cm³/mol. The summed E-state index contributed by atoms with van der Waals surface area (Å²) < 4.78 is 15.7. The van der Waals surface area contributed by atoms with Gasteiger partial charge in [-0.3, -0.25) is 14.4 Å². The fraction of sp³-hybridized carbons (Fsp3) is 0.286. The van der Waals surface area contributed by atoms with Gasteiger partial charge in [0.05, 0.1) is 32.7 Å². The van der Waals surface area contributed by atoms with E-state index in [0.717, 1.165) is 6.42 Å². The lowest BCUT2D eigenvalue weighted by molar-refractivity contribution is -0.133. The quantitative estimate of drug-likeness (QED) is 0.705. The van der Waals surface area contributed by atoms with Crippen LogP contribution in [0.25, 0.3) is 0 Å². The minimum Gasteiger partial charge on any atom is -0.497 e. The van der Waals surface area contributed by atoms with Gasteiger partial charge in [-0.25, -0.2) is 0 Å². The highest BCUT2D eigenvalue weighted by Gasteiger charge is 2.25. The van der Waals surface area contributed by atoms with Gasteiger partial charge in [-0.15, -0.1) is 0 Å². The molecular weight excluding hydrogens is 390 g/mol. The Balaban J connectivity index is 1.74. The maximum Gasteiger partial charge on any atom is 0.314 e. The van der Waals surface area contributed by atoms with Gasteiger partial charge in [-0.1, -0.05) is 0 Å². The third kappa shape index (κ3) is 4.45. The Morgan fingerprint density at radius 1 is 0.900 bits per heavy atom. The van der Waals surface area contributed by atoms with Gasteiger partial charge in [0.25, 0.3) is 0 Å². The van der Waals surface area contributed by atoms with Crippen molar-refractivity contribution in [2.75, 3.05) is 43.4 Å². The molecule has 158 valence electrons. The number of nitrogens with zero attached hydrogens (tertiary/aromatic N) is 1. The highest BCUT2D eigenvalue weighted by atomic mass is 16.5. The van der Waals surface area contributed by atoms with Crippen molar-refractivity contribution in [3.05, 3.63) is 36.4 Å². The molecule has 2 aromatic carbocycles. The van der Waals surface area contributed by atoms with E-state index in [9.17, 15) is 14.4 Å². The zero-order chi connectivity index (χ0) is 21.7. The summed E-state index contributed by atoms with van der Waals surface area (Å²) in [6, 6.07) is 9.66. The van der Waals surface area contributed by atoms with E-state index < -0.39 is 11.8 Å². The Labute approximate surface area is 173 Å². The van der Waals surface area contributed by atoms with Gasteiger partial charge >= 0.3 is 11.8 Å². The van der Waals surface area contributed by atoms with Crippen molar-refractivity contribution in [3.63, 3.8) is 0 Å². The van der Waals surface area contributed by atoms with Crippen LogP contribution in [0.2, 0.25) is 0 Å². The first kappa shape index (κ1) is 21.0. The molecule has 1 saturated heterocycles. The molecular formula is C21H23N3O6. The van der Waals surface area contributed by atoms with E-state index >= 15 is 0 Å². The summed E-state index contributed by atoms with van der Waals surface area (Å²) in [5, 5.41) is 5.05. The second-order valence-electron chi connectivity index (χ2n) is 6.51. The first-order valence-electron chi connectivity index (χ1n) is 9.29. The SMILES string of the molecule is COc1ccc(NC(=O)C(=O)Nc2ccc(OC)c(N3CCCC3=O)c2)c(OC)c1. The van der Waals surface area contributed by atoms with Crippen LogP contribution in [0.3, 0.4) is 0 Å². The zero-order valence-corrected chi connectivity index (χ0v) is 17.0. The van der Waals surface area contributed by atoms with Crippen molar-refractivity contribution in [3.8, 4) is 17.2 Å². The van der Waals surface area contributed by atoms with E-state index in [2.05, 4.69) is 10.6 Å². The van der Waals surface area contributed by atoms with Crippen LogP contribution in [-0.4, -0.2) is 45.6 Å². The second kappa shape index (κ2) is 9.17. The van der Waals surface area contributed by atoms with Gasteiger partial charge in [0, 0.05) is 24.7 Å². The van der Waals surface area contributed by atoms with Gasteiger partial charge in [0.15, 0.2) is 0 Å².